The van der Waals surface area contributed by atoms with Crippen molar-refractivity contribution in [3.05, 3.63) is 62.9 Å². The van der Waals surface area contributed by atoms with Gasteiger partial charge in [-0.15, -0.1) is 0 Å². The number of likely N-dealkylation sites (tertiary alicyclic amines) is 2. The van der Waals surface area contributed by atoms with E-state index in [2.05, 4.69) is 0 Å². The van der Waals surface area contributed by atoms with E-state index >= 15 is 4.39 Å². The predicted molar refractivity (Wildman–Crippen MR) is 145 cm³/mol. The molecular weight excluding hydrogens is 587 g/mol. The molecule has 41 heavy (non-hydrogen) atoms. The van der Waals surface area contributed by atoms with E-state index in [1.54, 1.807) is 0 Å². The Hall–Kier alpha value is -2.56. The number of carboxylic acids is 1. The molecule has 3 fully saturated rings. The molecule has 2 aliphatic heterocycles. The number of carbonyl (C=O) groups is 2. The average molecular weight is 617 g/mol. The highest BCUT2D eigenvalue weighted by atomic mass is 35.5. The first kappa shape index (κ1) is 29.9. The van der Waals surface area contributed by atoms with Gasteiger partial charge in [0.1, 0.15) is 23.7 Å². The van der Waals surface area contributed by atoms with Crippen molar-refractivity contribution in [1.82, 2.24) is 9.80 Å². The molecule has 222 valence electrons. The lowest BCUT2D eigenvalue weighted by Gasteiger charge is -2.38. The van der Waals surface area contributed by atoms with Gasteiger partial charge in [0.25, 0.3) is 5.91 Å². The SMILES string of the molecule is O=C(O)[C@@H]1CCCN1C(=O)c1cc(C2CC2)c(OCC2CCN(C(c3cc(Cl)cc(Cl)c3)C(F)(F)F)CC2)cc1F. The minimum atomic E-state index is -4.52. The number of piperidine rings is 1. The monoisotopic (exact) mass is 616 g/mol. The van der Waals surface area contributed by atoms with E-state index < -0.39 is 36.0 Å². The second-order valence-corrected chi connectivity index (χ2v) is 11.9. The van der Waals surface area contributed by atoms with Gasteiger partial charge in [0.15, 0.2) is 0 Å². The molecule has 1 saturated carbocycles. The molecule has 5 rings (SSSR count). The lowest BCUT2D eigenvalue weighted by molar-refractivity contribution is -0.190. The molecule has 1 aliphatic carbocycles. The molecule has 1 unspecified atom stereocenters. The largest absolute Gasteiger partial charge is 0.493 e. The molecule has 2 atom stereocenters. The van der Waals surface area contributed by atoms with Crippen LogP contribution in [-0.2, 0) is 4.79 Å². The standard InChI is InChI=1S/C29H30Cl2F4N2O4/c30-19-10-18(11-20(31)12-19)26(29(33,34)35)36-8-5-16(6-9-36)15-41-25-14-23(32)22(13-21(25)17-3-4-17)27(38)37-7-1-2-24(37)28(39)40/h10-14,16-17,24,26H,1-9,15H2,(H,39,40)/t24-,26?/m0/s1. The van der Waals surface area contributed by atoms with Crippen LogP contribution in [0.15, 0.2) is 30.3 Å². The summed E-state index contributed by atoms with van der Waals surface area (Å²) in [6.45, 7) is 0.818. The summed E-state index contributed by atoms with van der Waals surface area (Å²) in [7, 11) is 0. The predicted octanol–water partition coefficient (Wildman–Crippen LogP) is 7.09. The minimum absolute atomic E-state index is 0.00695. The van der Waals surface area contributed by atoms with Crippen LogP contribution in [0.2, 0.25) is 10.0 Å². The van der Waals surface area contributed by atoms with E-state index in [9.17, 15) is 27.9 Å². The van der Waals surface area contributed by atoms with E-state index in [0.29, 0.717) is 37.0 Å². The van der Waals surface area contributed by atoms with Crippen LogP contribution in [0.1, 0.15) is 72.0 Å². The Kier molecular flexibility index (Phi) is 8.74. The zero-order valence-electron chi connectivity index (χ0n) is 22.1. The summed E-state index contributed by atoms with van der Waals surface area (Å²) in [4.78, 5) is 27.2. The van der Waals surface area contributed by atoms with Gasteiger partial charge in [-0.25, -0.2) is 9.18 Å². The van der Waals surface area contributed by atoms with Gasteiger partial charge in [0, 0.05) is 22.7 Å². The average Bonchev–Trinajstić information content (AvgIpc) is 3.61. The van der Waals surface area contributed by atoms with Gasteiger partial charge >= 0.3 is 12.1 Å². The number of alkyl halides is 3. The molecule has 1 N–H and O–H groups in total. The van der Waals surface area contributed by atoms with Crippen LogP contribution in [0.4, 0.5) is 17.6 Å². The van der Waals surface area contributed by atoms with Crippen LogP contribution in [0.5, 0.6) is 5.75 Å². The molecule has 12 heteroatoms. The molecule has 6 nitrogen and oxygen atoms in total. The number of rotatable bonds is 8. The quantitative estimate of drug-likeness (QED) is 0.321. The number of hydrogen-bond acceptors (Lipinski definition) is 4. The van der Waals surface area contributed by atoms with E-state index in [0.717, 1.165) is 12.8 Å². The smallest absolute Gasteiger partial charge is 0.408 e. The third-order valence-electron chi connectivity index (χ3n) is 8.15. The number of hydrogen-bond donors (Lipinski definition) is 1. The first-order chi connectivity index (χ1) is 19.4. The van der Waals surface area contributed by atoms with Crippen molar-refractivity contribution >= 4 is 35.1 Å². The van der Waals surface area contributed by atoms with Crippen molar-refractivity contribution in [3.8, 4) is 5.75 Å². The van der Waals surface area contributed by atoms with Gasteiger partial charge in [-0.05, 0) is 98.8 Å². The minimum Gasteiger partial charge on any atom is -0.493 e. The maximum Gasteiger partial charge on any atom is 0.408 e. The summed E-state index contributed by atoms with van der Waals surface area (Å²) in [5, 5.41) is 9.70. The summed E-state index contributed by atoms with van der Waals surface area (Å²) in [6.07, 6.45) is -1.03. The normalized spacial score (nSPS) is 21.2. The summed E-state index contributed by atoms with van der Waals surface area (Å²) in [5.41, 5.74) is 0.528. The molecule has 0 aromatic heterocycles. The number of halogens is 6. The molecule has 0 radical (unpaired) electrons. The van der Waals surface area contributed by atoms with Gasteiger partial charge < -0.3 is 14.7 Å². The molecule has 0 spiro atoms. The van der Waals surface area contributed by atoms with Crippen molar-refractivity contribution in [1.29, 1.82) is 0 Å². The topological polar surface area (TPSA) is 70.1 Å². The zero-order valence-corrected chi connectivity index (χ0v) is 23.6. The van der Waals surface area contributed by atoms with Gasteiger partial charge in [-0.1, -0.05) is 23.2 Å². The summed E-state index contributed by atoms with van der Waals surface area (Å²) < 4.78 is 63.5. The van der Waals surface area contributed by atoms with Gasteiger partial charge in [-0.2, -0.15) is 13.2 Å². The first-order valence-electron chi connectivity index (χ1n) is 13.7. The number of aliphatic carboxylic acids is 1. The van der Waals surface area contributed by atoms with Gasteiger partial charge in [-0.3, -0.25) is 9.69 Å². The van der Waals surface area contributed by atoms with Crippen molar-refractivity contribution in [2.24, 2.45) is 5.92 Å². The fourth-order valence-corrected chi connectivity index (χ4v) is 6.46. The van der Waals surface area contributed by atoms with Crippen LogP contribution < -0.4 is 4.74 Å². The lowest BCUT2D eigenvalue weighted by Crippen LogP contribution is -2.43. The number of amides is 1. The van der Waals surface area contributed by atoms with Crippen LogP contribution in [0.3, 0.4) is 0 Å². The Labute approximate surface area is 245 Å². The molecule has 2 aromatic carbocycles. The Balaban J connectivity index is 1.25. The number of benzene rings is 2. The molecule has 2 aromatic rings. The Morgan fingerprint density at radius 1 is 0.976 bits per heavy atom. The molecular formula is C29H30Cl2F4N2O4. The second kappa shape index (κ2) is 12.0. The van der Waals surface area contributed by atoms with Crippen LogP contribution in [0, 0.1) is 11.7 Å². The van der Waals surface area contributed by atoms with Crippen molar-refractivity contribution in [3.63, 3.8) is 0 Å². The van der Waals surface area contributed by atoms with Crippen LogP contribution in [0.25, 0.3) is 0 Å². The highest BCUT2D eigenvalue weighted by molar-refractivity contribution is 6.34. The molecule has 2 saturated heterocycles. The highest BCUT2D eigenvalue weighted by Crippen LogP contribution is 2.46. The fourth-order valence-electron chi connectivity index (χ4n) is 5.92. The first-order valence-corrected chi connectivity index (χ1v) is 14.4. The van der Waals surface area contributed by atoms with Crippen LogP contribution >= 0.6 is 23.2 Å². The Morgan fingerprint density at radius 3 is 2.22 bits per heavy atom. The van der Waals surface area contributed by atoms with E-state index in [1.807, 2.05) is 0 Å². The molecule has 0 bridgehead atoms. The van der Waals surface area contributed by atoms with E-state index in [4.69, 9.17) is 27.9 Å². The molecule has 2 heterocycles. The van der Waals surface area contributed by atoms with Crippen molar-refractivity contribution in [2.45, 2.75) is 62.7 Å². The molecule has 3 aliphatic rings. The summed E-state index contributed by atoms with van der Waals surface area (Å²) in [6, 6.07) is 3.82. The lowest BCUT2D eigenvalue weighted by atomic mass is 9.94. The van der Waals surface area contributed by atoms with Crippen LogP contribution in [-0.4, -0.2) is 65.2 Å². The Bertz CT molecular complexity index is 1290. The third kappa shape index (κ3) is 6.75. The number of ether oxygens (including phenoxy) is 1. The maximum atomic E-state index is 15.2. The van der Waals surface area contributed by atoms with E-state index in [1.165, 1.54) is 40.1 Å². The van der Waals surface area contributed by atoms with Gasteiger partial charge in [0.05, 0.1) is 12.2 Å². The zero-order chi connectivity index (χ0) is 29.5. The van der Waals surface area contributed by atoms with Crippen molar-refractivity contribution < 1.29 is 37.0 Å². The van der Waals surface area contributed by atoms with Crippen molar-refractivity contribution in [2.75, 3.05) is 26.2 Å². The maximum absolute atomic E-state index is 15.2. The summed E-state index contributed by atoms with van der Waals surface area (Å²) in [5.74, 6) is -2.14. The highest BCUT2D eigenvalue weighted by Gasteiger charge is 2.46. The second-order valence-electron chi connectivity index (χ2n) is 11.1. The van der Waals surface area contributed by atoms with Gasteiger partial charge in [0.2, 0.25) is 0 Å². The number of nitrogens with zero attached hydrogens (tertiary/aromatic N) is 2. The third-order valence-corrected chi connectivity index (χ3v) is 8.58. The summed E-state index contributed by atoms with van der Waals surface area (Å²) >= 11 is 12.0. The number of carbonyl (C=O) groups excluding carboxylic acids is 1. The molecule has 1 amide bonds. The number of carboxylic acid groups (broad SMARTS) is 1. The Morgan fingerprint density at radius 2 is 1.63 bits per heavy atom. The fraction of sp³-hybridized carbons (Fsp3) is 0.517. The van der Waals surface area contributed by atoms with E-state index in [-0.39, 0.29) is 59.2 Å².